The number of nitrogens with one attached hydrogen (secondary N) is 2. The first-order chi connectivity index (χ1) is 9.36. The summed E-state index contributed by atoms with van der Waals surface area (Å²) in [7, 11) is 0. The monoisotopic (exact) mass is 272 g/mol. The molecular formula is C15H16N2O3. The molecule has 0 radical (unpaired) electrons. The Bertz CT molecular complexity index is 709. The Balaban J connectivity index is 2.35. The van der Waals surface area contributed by atoms with Crippen LogP contribution in [0.3, 0.4) is 0 Å². The molecule has 0 saturated carbocycles. The van der Waals surface area contributed by atoms with Crippen LogP contribution in [-0.2, 0) is 0 Å². The Morgan fingerprint density at radius 2 is 1.70 bits per heavy atom. The molecule has 0 saturated heterocycles. The van der Waals surface area contributed by atoms with Crippen molar-refractivity contribution in [3.05, 3.63) is 56.9 Å². The van der Waals surface area contributed by atoms with Crippen LogP contribution < -0.4 is 10.9 Å². The molecule has 2 aromatic rings. The minimum atomic E-state index is -0.521. The first-order valence-electron chi connectivity index (χ1n) is 6.19. The van der Waals surface area contributed by atoms with Crippen LogP contribution in [-0.4, -0.2) is 16.0 Å². The van der Waals surface area contributed by atoms with E-state index in [-0.39, 0.29) is 11.4 Å². The van der Waals surface area contributed by atoms with Gasteiger partial charge in [-0.05, 0) is 31.9 Å². The van der Waals surface area contributed by atoms with E-state index in [1.165, 1.54) is 6.07 Å². The molecule has 0 atom stereocenters. The molecule has 104 valence electrons. The van der Waals surface area contributed by atoms with Gasteiger partial charge >= 0.3 is 0 Å². The minimum absolute atomic E-state index is 0.116. The van der Waals surface area contributed by atoms with E-state index in [4.69, 9.17) is 0 Å². The van der Waals surface area contributed by atoms with E-state index in [2.05, 4.69) is 10.3 Å². The first kappa shape index (κ1) is 13.9. The van der Waals surface area contributed by atoms with Gasteiger partial charge in [0.2, 0.25) is 0 Å². The Labute approximate surface area is 116 Å². The zero-order valence-electron chi connectivity index (χ0n) is 11.6. The van der Waals surface area contributed by atoms with Gasteiger partial charge in [-0.25, -0.2) is 0 Å². The highest BCUT2D eigenvalue weighted by Gasteiger charge is 2.11. The lowest BCUT2D eigenvalue weighted by Gasteiger charge is -2.12. The van der Waals surface area contributed by atoms with E-state index in [1.54, 1.807) is 0 Å². The lowest BCUT2D eigenvalue weighted by atomic mass is 10.0. The Morgan fingerprint density at radius 1 is 1.10 bits per heavy atom. The van der Waals surface area contributed by atoms with Crippen molar-refractivity contribution in [2.75, 3.05) is 5.32 Å². The maximum Gasteiger partial charge on any atom is 0.256 e. The summed E-state index contributed by atoms with van der Waals surface area (Å²) in [5.41, 5.74) is 3.33. The number of hydrogen-bond donors (Lipinski definition) is 3. The molecule has 1 aromatic heterocycles. The summed E-state index contributed by atoms with van der Waals surface area (Å²) in [5, 5.41) is 12.1. The van der Waals surface area contributed by atoms with E-state index in [0.29, 0.717) is 0 Å². The van der Waals surface area contributed by atoms with Crippen molar-refractivity contribution in [3.8, 4) is 5.88 Å². The number of aromatic amines is 1. The van der Waals surface area contributed by atoms with E-state index >= 15 is 0 Å². The third-order valence-electron chi connectivity index (χ3n) is 3.01. The molecule has 3 N–H and O–H groups in total. The topological polar surface area (TPSA) is 82.2 Å². The van der Waals surface area contributed by atoms with Gasteiger partial charge in [-0.3, -0.25) is 14.6 Å². The molecule has 0 fully saturated rings. The van der Waals surface area contributed by atoms with Crippen molar-refractivity contribution < 1.29 is 9.90 Å². The third-order valence-corrected chi connectivity index (χ3v) is 3.01. The van der Waals surface area contributed by atoms with Gasteiger partial charge in [-0.2, -0.15) is 0 Å². The maximum absolute atomic E-state index is 12.1. The van der Waals surface area contributed by atoms with E-state index in [0.717, 1.165) is 28.4 Å². The van der Waals surface area contributed by atoms with E-state index in [1.807, 2.05) is 32.9 Å². The lowest BCUT2D eigenvalue weighted by Crippen LogP contribution is -2.17. The first-order valence-corrected chi connectivity index (χ1v) is 6.19. The number of anilines is 1. The number of benzene rings is 1. The van der Waals surface area contributed by atoms with Crippen LogP contribution in [0.1, 0.15) is 27.0 Å². The van der Waals surface area contributed by atoms with E-state index < -0.39 is 11.5 Å². The summed E-state index contributed by atoms with van der Waals surface area (Å²) in [5.74, 6) is -0.763. The normalized spacial score (nSPS) is 10.3. The second-order valence-corrected chi connectivity index (χ2v) is 4.85. The van der Waals surface area contributed by atoms with Crippen molar-refractivity contribution in [1.82, 2.24) is 4.98 Å². The highest BCUT2D eigenvalue weighted by Crippen LogP contribution is 2.22. The zero-order valence-corrected chi connectivity index (χ0v) is 11.6. The molecule has 5 nitrogen and oxygen atoms in total. The summed E-state index contributed by atoms with van der Waals surface area (Å²) < 4.78 is 0. The fraction of sp³-hybridized carbons (Fsp3) is 0.200. The van der Waals surface area contributed by atoms with Crippen LogP contribution in [0.2, 0.25) is 0 Å². The molecule has 0 aliphatic heterocycles. The van der Waals surface area contributed by atoms with Gasteiger partial charge < -0.3 is 10.4 Å². The van der Waals surface area contributed by atoms with Gasteiger partial charge in [0.15, 0.2) is 5.88 Å². The van der Waals surface area contributed by atoms with Crippen molar-refractivity contribution in [2.24, 2.45) is 0 Å². The predicted octanol–water partition coefficient (Wildman–Crippen LogP) is 2.26. The summed E-state index contributed by atoms with van der Waals surface area (Å²) in [6, 6.07) is 6.30. The van der Waals surface area contributed by atoms with Gasteiger partial charge in [0, 0.05) is 17.8 Å². The largest absolute Gasteiger partial charge is 0.494 e. The van der Waals surface area contributed by atoms with Crippen molar-refractivity contribution in [2.45, 2.75) is 20.8 Å². The second kappa shape index (κ2) is 5.21. The maximum atomic E-state index is 12.1. The SMILES string of the molecule is Cc1cc(C)c(NC(=O)c2cc(O)[nH]c(=O)c2)c(C)c1. The van der Waals surface area contributed by atoms with E-state index in [9.17, 15) is 14.7 Å². The number of hydrogen-bond acceptors (Lipinski definition) is 3. The van der Waals surface area contributed by atoms with Crippen molar-refractivity contribution in [1.29, 1.82) is 0 Å². The van der Waals surface area contributed by atoms with Crippen LogP contribution in [0.5, 0.6) is 5.88 Å². The zero-order chi connectivity index (χ0) is 14.9. The molecule has 1 amide bonds. The van der Waals surface area contributed by atoms with Gasteiger partial charge in [-0.15, -0.1) is 0 Å². The van der Waals surface area contributed by atoms with Crippen LogP contribution in [0, 0.1) is 20.8 Å². The van der Waals surface area contributed by atoms with Gasteiger partial charge in [0.1, 0.15) is 0 Å². The predicted molar refractivity (Wildman–Crippen MR) is 77.3 cm³/mol. The smallest absolute Gasteiger partial charge is 0.256 e. The molecular weight excluding hydrogens is 256 g/mol. The fourth-order valence-corrected chi connectivity index (χ4v) is 2.22. The number of amides is 1. The van der Waals surface area contributed by atoms with Gasteiger partial charge in [-0.1, -0.05) is 17.7 Å². The Morgan fingerprint density at radius 3 is 2.25 bits per heavy atom. The number of carbonyl (C=O) groups excluding carboxylic acids is 1. The van der Waals surface area contributed by atoms with Crippen LogP contribution >= 0.6 is 0 Å². The second-order valence-electron chi connectivity index (χ2n) is 4.85. The van der Waals surface area contributed by atoms with Crippen LogP contribution in [0.15, 0.2) is 29.1 Å². The molecule has 1 aromatic carbocycles. The molecule has 0 bridgehead atoms. The highest BCUT2D eigenvalue weighted by molar-refractivity contribution is 6.05. The number of aromatic nitrogens is 1. The number of H-pyrrole nitrogens is 1. The molecule has 5 heteroatoms. The number of rotatable bonds is 2. The number of aryl methyl sites for hydroxylation is 3. The lowest BCUT2D eigenvalue weighted by molar-refractivity contribution is 0.102. The summed E-state index contributed by atoms with van der Waals surface area (Å²) in [6.07, 6.45) is 0. The molecule has 2 rings (SSSR count). The quantitative estimate of drug-likeness (QED) is 0.784. The molecule has 0 aliphatic carbocycles. The average molecular weight is 272 g/mol. The van der Waals surface area contributed by atoms with Crippen LogP contribution in [0.4, 0.5) is 5.69 Å². The standard InChI is InChI=1S/C15H16N2O3/c1-8-4-9(2)14(10(3)5-8)17-15(20)11-6-12(18)16-13(19)7-11/h4-7H,1-3H3,(H,17,20)(H2,16,18,19). The minimum Gasteiger partial charge on any atom is -0.494 e. The van der Waals surface area contributed by atoms with Gasteiger partial charge in [0.25, 0.3) is 11.5 Å². The molecule has 1 heterocycles. The Hall–Kier alpha value is -2.56. The molecule has 20 heavy (non-hydrogen) atoms. The number of carbonyl (C=O) groups is 1. The Kier molecular flexibility index (Phi) is 3.61. The number of pyridine rings is 1. The highest BCUT2D eigenvalue weighted by atomic mass is 16.3. The summed E-state index contributed by atoms with van der Waals surface area (Å²) in [6.45, 7) is 5.80. The van der Waals surface area contributed by atoms with Crippen LogP contribution in [0.25, 0.3) is 0 Å². The summed E-state index contributed by atoms with van der Waals surface area (Å²) in [4.78, 5) is 25.6. The van der Waals surface area contributed by atoms with Crippen molar-refractivity contribution >= 4 is 11.6 Å². The molecule has 0 unspecified atom stereocenters. The summed E-state index contributed by atoms with van der Waals surface area (Å²) >= 11 is 0. The fourth-order valence-electron chi connectivity index (χ4n) is 2.22. The average Bonchev–Trinajstić information content (AvgIpc) is 2.32. The van der Waals surface area contributed by atoms with Gasteiger partial charge in [0.05, 0.1) is 5.56 Å². The van der Waals surface area contributed by atoms with Crippen molar-refractivity contribution in [3.63, 3.8) is 0 Å². The number of aromatic hydroxyl groups is 1. The molecule has 0 aliphatic rings. The molecule has 0 spiro atoms. The third kappa shape index (κ3) is 2.88.